The summed E-state index contributed by atoms with van der Waals surface area (Å²) in [6.07, 6.45) is 1.73. The van der Waals surface area contributed by atoms with Gasteiger partial charge in [0, 0.05) is 6.54 Å². The van der Waals surface area contributed by atoms with Gasteiger partial charge in [0.2, 0.25) is 0 Å². The first-order valence-electron chi connectivity index (χ1n) is 7.10. The van der Waals surface area contributed by atoms with Gasteiger partial charge in [-0.1, -0.05) is 42.3 Å². The van der Waals surface area contributed by atoms with E-state index >= 15 is 0 Å². The number of aryl methyl sites for hydroxylation is 3. The first-order chi connectivity index (χ1) is 9.58. The third-order valence-corrected chi connectivity index (χ3v) is 3.85. The number of aromatic nitrogens is 2. The van der Waals surface area contributed by atoms with Crippen molar-refractivity contribution >= 4 is 11.6 Å². The van der Waals surface area contributed by atoms with Crippen molar-refractivity contribution in [2.24, 2.45) is 0 Å². The zero-order valence-electron chi connectivity index (χ0n) is 12.6. The van der Waals surface area contributed by atoms with Gasteiger partial charge in [-0.25, -0.2) is 0 Å². The van der Waals surface area contributed by atoms with Gasteiger partial charge in [0.1, 0.15) is 0 Å². The first kappa shape index (κ1) is 15.1. The highest BCUT2D eigenvalue weighted by atomic mass is 35.5. The predicted molar refractivity (Wildman–Crippen MR) is 84.3 cm³/mol. The van der Waals surface area contributed by atoms with Gasteiger partial charge in [0.15, 0.2) is 0 Å². The van der Waals surface area contributed by atoms with E-state index in [9.17, 15) is 0 Å². The van der Waals surface area contributed by atoms with E-state index in [2.05, 4.69) is 56.3 Å². The molecule has 0 saturated heterocycles. The molecular weight excluding hydrogens is 270 g/mol. The minimum Gasteiger partial charge on any atom is -0.305 e. The van der Waals surface area contributed by atoms with Crippen molar-refractivity contribution < 1.29 is 0 Å². The van der Waals surface area contributed by atoms with Gasteiger partial charge < -0.3 is 5.32 Å². The van der Waals surface area contributed by atoms with Crippen LogP contribution >= 0.6 is 11.6 Å². The molecule has 1 aromatic carbocycles. The number of rotatable bonds is 5. The summed E-state index contributed by atoms with van der Waals surface area (Å²) >= 11 is 6.37. The Morgan fingerprint density at radius 3 is 2.70 bits per heavy atom. The van der Waals surface area contributed by atoms with Gasteiger partial charge in [-0.2, -0.15) is 5.10 Å². The fourth-order valence-electron chi connectivity index (χ4n) is 2.54. The second-order valence-corrected chi connectivity index (χ2v) is 5.45. The van der Waals surface area contributed by atoms with E-state index in [0.29, 0.717) is 0 Å². The molecule has 1 heterocycles. The van der Waals surface area contributed by atoms with Crippen molar-refractivity contribution in [3.8, 4) is 0 Å². The van der Waals surface area contributed by atoms with Gasteiger partial charge in [-0.3, -0.25) is 4.68 Å². The van der Waals surface area contributed by atoms with Gasteiger partial charge in [-0.05, 0) is 38.4 Å². The second kappa shape index (κ2) is 6.42. The molecule has 1 unspecified atom stereocenters. The van der Waals surface area contributed by atoms with Crippen molar-refractivity contribution in [1.82, 2.24) is 15.1 Å². The van der Waals surface area contributed by atoms with Gasteiger partial charge >= 0.3 is 0 Å². The average Bonchev–Trinajstić information content (AvgIpc) is 2.80. The van der Waals surface area contributed by atoms with Crippen LogP contribution < -0.4 is 5.32 Å². The molecule has 20 heavy (non-hydrogen) atoms. The standard InChI is InChI=1S/C16H22ClN3/c1-5-18-15(13-9-11(3)7-8-12(13)4)16-14(17)10-19-20(16)6-2/h7-10,15,18H,5-6H2,1-4H3. The number of nitrogens with zero attached hydrogens (tertiary/aromatic N) is 2. The van der Waals surface area contributed by atoms with E-state index in [1.54, 1.807) is 6.20 Å². The Hall–Kier alpha value is -1.32. The topological polar surface area (TPSA) is 29.9 Å². The van der Waals surface area contributed by atoms with Crippen LogP contribution in [0.1, 0.15) is 42.3 Å². The van der Waals surface area contributed by atoms with Crippen LogP contribution in [0.2, 0.25) is 5.02 Å². The fraction of sp³-hybridized carbons (Fsp3) is 0.438. The molecule has 4 heteroatoms. The molecule has 0 aliphatic rings. The Kier molecular flexibility index (Phi) is 4.84. The van der Waals surface area contributed by atoms with E-state index in [0.717, 1.165) is 23.8 Å². The van der Waals surface area contributed by atoms with Crippen LogP contribution in [-0.2, 0) is 6.54 Å². The lowest BCUT2D eigenvalue weighted by molar-refractivity contribution is 0.541. The maximum absolute atomic E-state index is 6.37. The average molecular weight is 292 g/mol. The van der Waals surface area contributed by atoms with Crippen molar-refractivity contribution in [3.05, 3.63) is 51.8 Å². The van der Waals surface area contributed by atoms with Crippen LogP contribution in [0.3, 0.4) is 0 Å². The Bertz CT molecular complexity index is 589. The van der Waals surface area contributed by atoms with Crippen LogP contribution in [0, 0.1) is 13.8 Å². The summed E-state index contributed by atoms with van der Waals surface area (Å²) in [7, 11) is 0. The van der Waals surface area contributed by atoms with Gasteiger partial charge in [0.25, 0.3) is 0 Å². The van der Waals surface area contributed by atoms with Gasteiger partial charge in [0.05, 0.1) is 23.0 Å². The van der Waals surface area contributed by atoms with Crippen molar-refractivity contribution in [3.63, 3.8) is 0 Å². The molecule has 108 valence electrons. The Balaban J connectivity index is 2.56. The first-order valence-corrected chi connectivity index (χ1v) is 7.48. The molecule has 0 aliphatic heterocycles. The van der Waals surface area contributed by atoms with Gasteiger partial charge in [-0.15, -0.1) is 0 Å². The zero-order chi connectivity index (χ0) is 14.7. The van der Waals surface area contributed by atoms with Crippen LogP contribution in [0.15, 0.2) is 24.4 Å². The van der Waals surface area contributed by atoms with Crippen LogP contribution in [0.5, 0.6) is 0 Å². The molecule has 2 rings (SSSR count). The molecule has 0 saturated carbocycles. The Morgan fingerprint density at radius 1 is 1.30 bits per heavy atom. The number of nitrogens with one attached hydrogen (secondary N) is 1. The maximum atomic E-state index is 6.37. The third kappa shape index (κ3) is 2.89. The number of hydrogen-bond donors (Lipinski definition) is 1. The van der Waals surface area contributed by atoms with Crippen LogP contribution in [-0.4, -0.2) is 16.3 Å². The summed E-state index contributed by atoms with van der Waals surface area (Å²) in [4.78, 5) is 0. The Labute approximate surface area is 126 Å². The molecular formula is C16H22ClN3. The smallest absolute Gasteiger partial charge is 0.0837 e. The summed E-state index contributed by atoms with van der Waals surface area (Å²) in [5, 5.41) is 8.62. The largest absolute Gasteiger partial charge is 0.305 e. The number of benzene rings is 1. The lowest BCUT2D eigenvalue weighted by Crippen LogP contribution is -2.26. The molecule has 0 fully saturated rings. The number of halogens is 1. The molecule has 0 aliphatic carbocycles. The molecule has 1 aromatic heterocycles. The molecule has 0 radical (unpaired) electrons. The SMILES string of the molecule is CCNC(c1cc(C)ccc1C)c1c(Cl)cnn1CC. The highest BCUT2D eigenvalue weighted by molar-refractivity contribution is 6.31. The third-order valence-electron chi connectivity index (χ3n) is 3.56. The predicted octanol–water partition coefficient (Wildman–Crippen LogP) is 3.87. The normalized spacial score (nSPS) is 12.7. The fourth-order valence-corrected chi connectivity index (χ4v) is 2.79. The minimum atomic E-state index is 0.0786. The van der Waals surface area contributed by atoms with Crippen LogP contribution in [0.4, 0.5) is 0 Å². The molecule has 0 spiro atoms. The maximum Gasteiger partial charge on any atom is 0.0837 e. The lowest BCUT2D eigenvalue weighted by Gasteiger charge is -2.22. The molecule has 3 nitrogen and oxygen atoms in total. The zero-order valence-corrected chi connectivity index (χ0v) is 13.3. The molecule has 0 amide bonds. The quantitative estimate of drug-likeness (QED) is 0.906. The van der Waals surface area contributed by atoms with Crippen molar-refractivity contribution in [2.45, 2.75) is 40.3 Å². The second-order valence-electron chi connectivity index (χ2n) is 5.04. The van der Waals surface area contributed by atoms with E-state index in [1.165, 1.54) is 16.7 Å². The summed E-state index contributed by atoms with van der Waals surface area (Å²) in [6.45, 7) is 10.1. The number of hydrogen-bond acceptors (Lipinski definition) is 2. The minimum absolute atomic E-state index is 0.0786. The van der Waals surface area contributed by atoms with Crippen molar-refractivity contribution in [1.29, 1.82) is 0 Å². The highest BCUT2D eigenvalue weighted by Gasteiger charge is 2.22. The monoisotopic (exact) mass is 291 g/mol. The molecule has 1 atom stereocenters. The summed E-state index contributed by atoms with van der Waals surface area (Å²) < 4.78 is 1.97. The Morgan fingerprint density at radius 2 is 2.05 bits per heavy atom. The summed E-state index contributed by atoms with van der Waals surface area (Å²) in [6, 6.07) is 6.61. The molecule has 1 N–H and O–H groups in total. The highest BCUT2D eigenvalue weighted by Crippen LogP contribution is 2.30. The molecule has 2 aromatic rings. The van der Waals surface area contributed by atoms with Crippen molar-refractivity contribution in [2.75, 3.05) is 6.54 Å². The van der Waals surface area contributed by atoms with Crippen LogP contribution in [0.25, 0.3) is 0 Å². The summed E-state index contributed by atoms with van der Waals surface area (Å²) in [5.41, 5.74) is 4.84. The summed E-state index contributed by atoms with van der Waals surface area (Å²) in [5.74, 6) is 0. The molecule has 0 bridgehead atoms. The van der Waals surface area contributed by atoms with E-state index in [-0.39, 0.29) is 6.04 Å². The van der Waals surface area contributed by atoms with E-state index in [4.69, 9.17) is 11.6 Å². The lowest BCUT2D eigenvalue weighted by atomic mass is 9.96. The van der Waals surface area contributed by atoms with E-state index < -0.39 is 0 Å². The van der Waals surface area contributed by atoms with E-state index in [1.807, 2.05) is 4.68 Å².